The summed E-state index contributed by atoms with van der Waals surface area (Å²) in [4.78, 5) is 17.2. The Balaban J connectivity index is 1.68. The fraction of sp³-hybridized carbons (Fsp3) is 0.370. The normalized spacial score (nSPS) is 14.8. The number of carbonyl (C=O) groups excluding carboxylic acids is 1. The Bertz CT molecular complexity index is 1270. The molecule has 2 heterocycles. The van der Waals surface area contributed by atoms with Crippen molar-refractivity contribution in [2.24, 2.45) is 5.73 Å². The van der Waals surface area contributed by atoms with Crippen LogP contribution in [0.5, 0.6) is 11.5 Å². The van der Waals surface area contributed by atoms with E-state index in [-0.39, 0.29) is 0 Å². The highest BCUT2D eigenvalue weighted by molar-refractivity contribution is 7.99. The predicted molar refractivity (Wildman–Crippen MR) is 142 cm³/mol. The number of amides is 1. The Morgan fingerprint density at radius 1 is 1.14 bits per heavy atom. The molecule has 190 valence electrons. The first kappa shape index (κ1) is 25.6. The monoisotopic (exact) mass is 507 g/mol. The summed E-state index contributed by atoms with van der Waals surface area (Å²) in [6, 6.07) is 13.4. The van der Waals surface area contributed by atoms with Gasteiger partial charge in [0.05, 0.1) is 12.2 Å². The van der Waals surface area contributed by atoms with E-state index in [9.17, 15) is 4.79 Å². The minimum Gasteiger partial charge on any atom is -0.490 e. The number of nitrogens with two attached hydrogens (primary N) is 1. The molecule has 0 spiro atoms. The van der Waals surface area contributed by atoms with Crippen molar-refractivity contribution in [2.75, 3.05) is 17.7 Å². The van der Waals surface area contributed by atoms with E-state index in [1.54, 1.807) is 16.4 Å². The maximum atomic E-state index is 12.5. The lowest BCUT2D eigenvalue weighted by atomic mass is 9.95. The average molecular weight is 508 g/mol. The third-order valence-electron chi connectivity index (χ3n) is 5.89. The van der Waals surface area contributed by atoms with E-state index >= 15 is 0 Å². The first-order chi connectivity index (χ1) is 17.4. The molecule has 0 saturated heterocycles. The van der Waals surface area contributed by atoms with E-state index in [1.807, 2.05) is 44.2 Å². The van der Waals surface area contributed by atoms with Gasteiger partial charge < -0.3 is 20.5 Å². The fourth-order valence-corrected chi connectivity index (χ4v) is 5.09. The van der Waals surface area contributed by atoms with E-state index in [0.717, 1.165) is 29.7 Å². The number of aromatic nitrogens is 3. The number of carbonyl (C=O) groups is 1. The van der Waals surface area contributed by atoms with Gasteiger partial charge in [-0.1, -0.05) is 61.0 Å². The molecule has 1 unspecified atom stereocenters. The van der Waals surface area contributed by atoms with Crippen LogP contribution in [0.15, 0.2) is 58.9 Å². The van der Waals surface area contributed by atoms with Crippen molar-refractivity contribution >= 4 is 23.6 Å². The zero-order chi connectivity index (χ0) is 25.7. The molecule has 0 saturated carbocycles. The summed E-state index contributed by atoms with van der Waals surface area (Å²) in [5.41, 5.74) is 10.0. The van der Waals surface area contributed by atoms with Crippen molar-refractivity contribution in [3.63, 3.8) is 0 Å². The van der Waals surface area contributed by atoms with Crippen LogP contribution in [0.3, 0.4) is 0 Å². The molecule has 3 N–H and O–H groups in total. The molecule has 1 atom stereocenters. The van der Waals surface area contributed by atoms with Gasteiger partial charge in [-0.25, -0.2) is 4.68 Å². The van der Waals surface area contributed by atoms with Crippen molar-refractivity contribution in [3.05, 3.63) is 70.4 Å². The van der Waals surface area contributed by atoms with Crippen LogP contribution in [0.2, 0.25) is 0 Å². The highest BCUT2D eigenvalue weighted by Crippen LogP contribution is 2.39. The Morgan fingerprint density at radius 2 is 1.97 bits per heavy atom. The number of anilines is 1. The minimum absolute atomic E-state index is 0.422. The van der Waals surface area contributed by atoms with Gasteiger partial charge in [-0.05, 0) is 50.5 Å². The van der Waals surface area contributed by atoms with Crippen LogP contribution in [0.4, 0.5) is 5.95 Å². The van der Waals surface area contributed by atoms with Crippen LogP contribution < -0.4 is 20.5 Å². The molecule has 1 aliphatic heterocycles. The molecule has 1 aromatic heterocycles. The second-order valence-corrected chi connectivity index (χ2v) is 9.77. The number of rotatable bonds is 11. The Kier molecular flexibility index (Phi) is 8.20. The van der Waals surface area contributed by atoms with Gasteiger partial charge in [-0.2, -0.15) is 4.98 Å². The SMILES string of the molecule is CCCCSc1nc2n(n1)C(c1ccc(OCc3cccc(C)c3)c(OCC)c1)C(C(N)=O)=C(C)N2. The molecule has 1 aliphatic rings. The molecule has 0 fully saturated rings. The number of hydrogen-bond acceptors (Lipinski definition) is 7. The number of nitrogens with zero attached hydrogens (tertiary/aromatic N) is 3. The lowest BCUT2D eigenvalue weighted by Crippen LogP contribution is -2.31. The molecule has 4 rings (SSSR count). The van der Waals surface area contributed by atoms with Crippen molar-refractivity contribution in [2.45, 2.75) is 58.3 Å². The smallest absolute Gasteiger partial charge is 0.248 e. The number of nitrogens with one attached hydrogen (secondary N) is 1. The largest absolute Gasteiger partial charge is 0.490 e. The van der Waals surface area contributed by atoms with Crippen LogP contribution in [0, 0.1) is 6.92 Å². The Morgan fingerprint density at radius 3 is 2.69 bits per heavy atom. The summed E-state index contributed by atoms with van der Waals surface area (Å²) in [5.74, 6) is 2.23. The van der Waals surface area contributed by atoms with Gasteiger partial charge in [0.25, 0.3) is 0 Å². The number of benzene rings is 2. The van der Waals surface area contributed by atoms with E-state index in [2.05, 4.69) is 36.3 Å². The summed E-state index contributed by atoms with van der Waals surface area (Å²) < 4.78 is 13.8. The minimum atomic E-state index is -0.531. The van der Waals surface area contributed by atoms with Gasteiger partial charge in [0.1, 0.15) is 12.6 Å². The molecule has 0 bridgehead atoms. The second kappa shape index (κ2) is 11.5. The molecule has 3 aromatic rings. The van der Waals surface area contributed by atoms with Crippen LogP contribution >= 0.6 is 11.8 Å². The third-order valence-corrected chi connectivity index (χ3v) is 6.81. The number of hydrogen-bond donors (Lipinski definition) is 2. The number of ether oxygens (including phenoxy) is 2. The molecular weight excluding hydrogens is 474 g/mol. The lowest BCUT2D eigenvalue weighted by molar-refractivity contribution is -0.115. The van der Waals surface area contributed by atoms with E-state index in [1.165, 1.54) is 5.56 Å². The van der Waals surface area contributed by atoms with E-state index < -0.39 is 11.9 Å². The highest BCUT2D eigenvalue weighted by Gasteiger charge is 2.34. The number of aryl methyl sites for hydroxylation is 1. The van der Waals surface area contributed by atoms with Crippen LogP contribution in [0.25, 0.3) is 0 Å². The molecule has 0 radical (unpaired) electrons. The summed E-state index contributed by atoms with van der Waals surface area (Å²) in [7, 11) is 0. The molecule has 0 aliphatic carbocycles. The highest BCUT2D eigenvalue weighted by atomic mass is 32.2. The average Bonchev–Trinajstić information content (AvgIpc) is 3.24. The van der Waals surface area contributed by atoms with Crippen molar-refractivity contribution in [1.29, 1.82) is 0 Å². The van der Waals surface area contributed by atoms with Crippen molar-refractivity contribution in [1.82, 2.24) is 14.8 Å². The first-order valence-corrected chi connectivity index (χ1v) is 13.2. The van der Waals surface area contributed by atoms with Crippen LogP contribution in [0.1, 0.15) is 56.3 Å². The summed E-state index contributed by atoms with van der Waals surface area (Å²) >= 11 is 1.60. The van der Waals surface area contributed by atoms with Gasteiger partial charge >= 0.3 is 0 Å². The van der Waals surface area contributed by atoms with E-state index in [0.29, 0.717) is 47.1 Å². The number of fused-ring (bicyclic) bond motifs is 1. The molecule has 1 amide bonds. The maximum absolute atomic E-state index is 12.5. The van der Waals surface area contributed by atoms with Gasteiger partial charge in [-0.15, -0.1) is 5.10 Å². The second-order valence-electron chi connectivity index (χ2n) is 8.71. The molecule has 2 aromatic carbocycles. The van der Waals surface area contributed by atoms with Gasteiger partial charge in [0, 0.05) is 11.4 Å². The summed E-state index contributed by atoms with van der Waals surface area (Å²) in [6.45, 7) is 8.86. The number of unbranched alkanes of at least 4 members (excludes halogenated alkanes) is 1. The zero-order valence-electron chi connectivity index (χ0n) is 21.2. The predicted octanol–water partition coefficient (Wildman–Crippen LogP) is 5.23. The molecule has 8 nitrogen and oxygen atoms in total. The Hall–Kier alpha value is -3.46. The molecular formula is C27H33N5O3S. The fourth-order valence-electron chi connectivity index (χ4n) is 4.17. The standard InChI is InChI=1S/C27H33N5O3S/c1-5-7-13-36-27-30-26-29-18(4)23(25(28)33)24(32(26)31-27)20-11-12-21(22(15-20)34-6-2)35-16-19-10-8-9-17(3)14-19/h8-12,14-15,24H,5-7,13,16H2,1-4H3,(H2,28,33)(H,29,30,31). The third kappa shape index (κ3) is 5.67. The van der Waals surface area contributed by atoms with Gasteiger partial charge in [-0.3, -0.25) is 4.79 Å². The van der Waals surface area contributed by atoms with Gasteiger partial charge in [0.2, 0.25) is 17.0 Å². The van der Waals surface area contributed by atoms with E-state index in [4.69, 9.17) is 20.3 Å². The zero-order valence-corrected chi connectivity index (χ0v) is 22.0. The van der Waals surface area contributed by atoms with Gasteiger partial charge in [0.15, 0.2) is 11.5 Å². The number of primary amides is 1. The van der Waals surface area contributed by atoms with Crippen molar-refractivity contribution < 1.29 is 14.3 Å². The van der Waals surface area contributed by atoms with Crippen LogP contribution in [-0.4, -0.2) is 33.0 Å². The lowest BCUT2D eigenvalue weighted by Gasteiger charge is -2.28. The topological polar surface area (TPSA) is 104 Å². The number of thioether (sulfide) groups is 1. The maximum Gasteiger partial charge on any atom is 0.248 e. The summed E-state index contributed by atoms with van der Waals surface area (Å²) in [6.07, 6.45) is 2.18. The van der Waals surface area contributed by atoms with Crippen molar-refractivity contribution in [3.8, 4) is 11.5 Å². The summed E-state index contributed by atoms with van der Waals surface area (Å²) in [5, 5.41) is 8.58. The molecule has 36 heavy (non-hydrogen) atoms. The first-order valence-electron chi connectivity index (χ1n) is 12.2. The Labute approximate surface area is 216 Å². The van der Waals surface area contributed by atoms with Crippen LogP contribution in [-0.2, 0) is 11.4 Å². The quantitative estimate of drug-likeness (QED) is 0.270. The number of allylic oxidation sites excluding steroid dienone is 1. The molecule has 9 heteroatoms.